The molecule has 6 aromatic rings. The zero-order valence-electron chi connectivity index (χ0n) is 27.5. The van der Waals surface area contributed by atoms with E-state index in [2.05, 4.69) is 65.1 Å². The summed E-state index contributed by atoms with van der Waals surface area (Å²) in [6, 6.07) is 0. The van der Waals surface area contributed by atoms with E-state index in [9.17, 15) is 19.2 Å². The summed E-state index contributed by atoms with van der Waals surface area (Å²) in [4.78, 5) is 82.8. The highest BCUT2D eigenvalue weighted by molar-refractivity contribution is 5.92. The third kappa shape index (κ3) is 16.5. The Morgan fingerprint density at radius 1 is 0.625 bits per heavy atom. The van der Waals surface area contributed by atoms with Gasteiger partial charge in [0.2, 0.25) is 0 Å². The fraction of sp³-hybridized carbons (Fsp3) is 0.241. The molecule has 0 atom stereocenters. The highest BCUT2D eigenvalue weighted by atomic mass is 16.2. The van der Waals surface area contributed by atoms with Gasteiger partial charge < -0.3 is 45.9 Å². The van der Waals surface area contributed by atoms with Crippen LogP contribution < -0.4 is 11.1 Å². The number of rotatable bonds is 5. The number of aromatic amines is 6. The van der Waals surface area contributed by atoms with Crippen molar-refractivity contribution in [2.75, 3.05) is 21.1 Å². The average Bonchev–Trinajstić information content (AvgIpc) is 3.94. The summed E-state index contributed by atoms with van der Waals surface area (Å²) in [5.74, 6) is -0.171. The number of nitrogens with two attached hydrogens (primary N) is 1. The van der Waals surface area contributed by atoms with Crippen LogP contribution >= 0.6 is 0 Å². The highest BCUT2D eigenvalue weighted by Gasteiger charge is 2.07. The number of hydrogen-bond acceptors (Lipinski definition) is 11. The van der Waals surface area contributed by atoms with Crippen LogP contribution in [0.4, 0.5) is 0 Å². The number of nitrogens with zero attached hydrogens (tertiary/aromatic N) is 7. The maximum atomic E-state index is 11.1. The van der Waals surface area contributed by atoms with E-state index in [1.165, 1.54) is 68.8 Å². The van der Waals surface area contributed by atoms with Gasteiger partial charge in [0.05, 0.1) is 62.8 Å². The van der Waals surface area contributed by atoms with Gasteiger partial charge in [-0.05, 0) is 6.92 Å². The van der Waals surface area contributed by atoms with Crippen molar-refractivity contribution in [3.63, 3.8) is 0 Å². The van der Waals surface area contributed by atoms with Gasteiger partial charge >= 0.3 is 0 Å². The summed E-state index contributed by atoms with van der Waals surface area (Å²) in [5.41, 5.74) is 9.42. The van der Waals surface area contributed by atoms with Crippen LogP contribution in [0.3, 0.4) is 0 Å². The third-order valence-electron chi connectivity index (χ3n) is 5.27. The fourth-order valence-electron chi connectivity index (χ4n) is 2.75. The van der Waals surface area contributed by atoms with E-state index < -0.39 is 0 Å². The van der Waals surface area contributed by atoms with E-state index in [4.69, 9.17) is 5.73 Å². The lowest BCUT2D eigenvalue weighted by molar-refractivity contribution is 0.0821. The molecule has 48 heavy (non-hydrogen) atoms. The summed E-state index contributed by atoms with van der Waals surface area (Å²) < 4.78 is 0. The van der Waals surface area contributed by atoms with Crippen molar-refractivity contribution in [2.45, 2.75) is 27.3 Å². The number of Topliss-reactive ketones (excluding diaryl/α,β-unsaturated/α-hetero) is 2. The Hall–Kier alpha value is -6.50. The molecular weight excluding hydrogens is 622 g/mol. The quantitative estimate of drug-likeness (QED) is 0.123. The Bertz CT molecular complexity index is 1600. The molecule has 2 amide bonds. The van der Waals surface area contributed by atoms with Crippen molar-refractivity contribution in [1.82, 2.24) is 70.0 Å². The molecule has 0 saturated heterocycles. The Morgan fingerprint density at radius 2 is 1.02 bits per heavy atom. The van der Waals surface area contributed by atoms with E-state index >= 15 is 0 Å². The number of nitrogens with one attached hydrogen (secondary N) is 7. The zero-order valence-corrected chi connectivity index (χ0v) is 27.5. The SMILES string of the molecule is CC(=O)c1cnc[nH]1.CC(=O)c1cnc[nH]1.CN(C)C(=O)c1cnc[nH]1.CNC(=O)c1cnc[nH]1.Cc1cnc[nH]1.NCc1cnc[nH]1. The lowest BCUT2D eigenvalue weighted by Gasteiger charge is -2.06. The molecule has 19 heteroatoms. The molecule has 0 saturated carbocycles. The monoisotopic (exact) mass is 663 g/mol. The van der Waals surface area contributed by atoms with E-state index in [1.54, 1.807) is 46.2 Å². The van der Waals surface area contributed by atoms with Crippen LogP contribution in [0.1, 0.15) is 67.2 Å². The van der Waals surface area contributed by atoms with Crippen LogP contribution in [0.2, 0.25) is 0 Å². The maximum absolute atomic E-state index is 11.1. The number of imidazole rings is 6. The molecule has 0 spiro atoms. The van der Waals surface area contributed by atoms with Gasteiger partial charge in [-0.3, -0.25) is 19.2 Å². The fourth-order valence-corrected chi connectivity index (χ4v) is 2.75. The first-order valence-corrected chi connectivity index (χ1v) is 14.0. The second-order valence-corrected chi connectivity index (χ2v) is 9.27. The first kappa shape index (κ1) is 39.5. The van der Waals surface area contributed by atoms with Crippen LogP contribution in [0.5, 0.6) is 0 Å². The molecule has 0 fully saturated rings. The molecular formula is C29H41N15O4. The van der Waals surface area contributed by atoms with Gasteiger partial charge in [0.1, 0.15) is 22.8 Å². The molecule has 6 aromatic heterocycles. The van der Waals surface area contributed by atoms with Gasteiger partial charge in [-0.2, -0.15) is 0 Å². The lowest BCUT2D eigenvalue weighted by Crippen LogP contribution is -2.21. The van der Waals surface area contributed by atoms with Gasteiger partial charge in [0.25, 0.3) is 11.8 Å². The average molecular weight is 664 g/mol. The number of ketones is 2. The first-order valence-electron chi connectivity index (χ1n) is 14.0. The van der Waals surface area contributed by atoms with Gasteiger partial charge in [-0.15, -0.1) is 0 Å². The summed E-state index contributed by atoms with van der Waals surface area (Å²) in [6.07, 6.45) is 18.7. The molecule has 0 aliphatic rings. The molecule has 19 nitrogen and oxygen atoms in total. The maximum Gasteiger partial charge on any atom is 0.271 e. The van der Waals surface area contributed by atoms with E-state index in [-0.39, 0.29) is 23.4 Å². The molecule has 9 N–H and O–H groups in total. The van der Waals surface area contributed by atoms with Crippen molar-refractivity contribution < 1.29 is 19.2 Å². The van der Waals surface area contributed by atoms with Gasteiger partial charge in [-0.25, -0.2) is 29.9 Å². The summed E-state index contributed by atoms with van der Waals surface area (Å²) in [7, 11) is 4.97. The molecule has 256 valence electrons. The predicted octanol–water partition coefficient (Wildman–Crippen LogP) is 1.69. The number of amides is 2. The smallest absolute Gasteiger partial charge is 0.271 e. The lowest BCUT2D eigenvalue weighted by atomic mass is 10.3. The number of carbonyl (C=O) groups excluding carboxylic acids is 4. The highest BCUT2D eigenvalue weighted by Crippen LogP contribution is 1.94. The molecule has 6 rings (SSSR count). The van der Waals surface area contributed by atoms with Crippen LogP contribution in [-0.4, -0.2) is 109 Å². The minimum atomic E-state index is -0.146. The van der Waals surface area contributed by atoms with Crippen LogP contribution in [0.15, 0.2) is 75.1 Å². The van der Waals surface area contributed by atoms with Crippen molar-refractivity contribution >= 4 is 23.4 Å². The first-order chi connectivity index (χ1) is 23.0. The second kappa shape index (κ2) is 22.9. The second-order valence-electron chi connectivity index (χ2n) is 9.27. The van der Waals surface area contributed by atoms with Crippen molar-refractivity contribution in [3.8, 4) is 0 Å². The van der Waals surface area contributed by atoms with Crippen molar-refractivity contribution in [3.05, 3.63) is 109 Å². The Kier molecular flexibility index (Phi) is 18.9. The predicted molar refractivity (Wildman–Crippen MR) is 176 cm³/mol. The van der Waals surface area contributed by atoms with Gasteiger partial charge in [-0.1, -0.05) is 0 Å². The van der Waals surface area contributed by atoms with E-state index in [0.717, 1.165) is 11.4 Å². The number of H-pyrrole nitrogens is 6. The normalized spacial score (nSPS) is 9.15. The summed E-state index contributed by atoms with van der Waals surface area (Å²) in [6.45, 7) is 5.49. The Labute approximate surface area is 276 Å². The van der Waals surface area contributed by atoms with E-state index in [1.807, 2.05) is 6.92 Å². The van der Waals surface area contributed by atoms with Crippen molar-refractivity contribution in [2.24, 2.45) is 5.73 Å². The molecule has 0 unspecified atom stereocenters. The number of hydrogen-bond donors (Lipinski definition) is 8. The molecule has 0 aliphatic carbocycles. The van der Waals surface area contributed by atoms with Crippen LogP contribution in [0.25, 0.3) is 0 Å². The topological polar surface area (TPSA) is 282 Å². The number of aryl methyl sites for hydroxylation is 1. The standard InChI is InChI=1S/C6H9N3O.C5H7N3O.2C5H6N2O.C4H7N3.C4H6N2/c1-9(2)6(10)5-3-7-4-8-5;1-6-5(9)4-2-7-3-8-4;2*1-4(8)5-2-6-3-7-5;5-1-4-2-6-3-7-4;1-4-2-5-3-6-4/h3-4H,1-2H3,(H,7,8);2-3H,1H3,(H,6,9)(H,7,8);2*2-3H,1H3,(H,6,7);2-3H,1,5H2,(H,6,7);2-3H,1H3,(H,5,6). The molecule has 0 aliphatic heterocycles. The van der Waals surface area contributed by atoms with Crippen molar-refractivity contribution in [1.29, 1.82) is 0 Å². The van der Waals surface area contributed by atoms with Crippen LogP contribution in [0, 0.1) is 6.92 Å². The zero-order chi connectivity index (χ0) is 35.7. The van der Waals surface area contributed by atoms with Crippen LogP contribution in [-0.2, 0) is 6.54 Å². The molecule has 0 radical (unpaired) electrons. The molecule has 0 bridgehead atoms. The largest absolute Gasteiger partial charge is 0.354 e. The Morgan fingerprint density at radius 3 is 1.25 bits per heavy atom. The number of aromatic nitrogens is 12. The summed E-state index contributed by atoms with van der Waals surface area (Å²) >= 11 is 0. The molecule has 6 heterocycles. The van der Waals surface area contributed by atoms with Gasteiger partial charge in [0, 0.05) is 65.3 Å². The van der Waals surface area contributed by atoms with Gasteiger partial charge in [0.15, 0.2) is 11.6 Å². The minimum Gasteiger partial charge on any atom is -0.354 e. The Balaban J connectivity index is 0.000000290. The minimum absolute atomic E-state index is 0.0162. The third-order valence-corrected chi connectivity index (χ3v) is 5.27. The number of carbonyl (C=O) groups is 4. The van der Waals surface area contributed by atoms with E-state index in [0.29, 0.717) is 29.3 Å². The summed E-state index contributed by atoms with van der Waals surface area (Å²) in [5, 5.41) is 2.46. The molecule has 0 aromatic carbocycles.